The maximum Gasteiger partial charge on any atom is 0.573 e. The van der Waals surface area contributed by atoms with Gasteiger partial charge >= 0.3 is 18.3 Å². The van der Waals surface area contributed by atoms with E-state index >= 15 is 0 Å². The number of alkyl halides is 3. The van der Waals surface area contributed by atoms with Gasteiger partial charge in [0, 0.05) is 23.0 Å². The Morgan fingerprint density at radius 2 is 1.53 bits per heavy atom. The van der Waals surface area contributed by atoms with Crippen LogP contribution >= 0.6 is 0 Å². The number of nitrogen functional groups attached to an aromatic ring is 2. The van der Waals surface area contributed by atoms with E-state index in [4.69, 9.17) is 20.9 Å². The molecule has 3 rings (SSSR count). The number of nitrogens with two attached hydrogens (primary N) is 2. The zero-order chi connectivity index (χ0) is 24.7. The molecule has 0 unspecified atom stereocenters. The summed E-state index contributed by atoms with van der Waals surface area (Å²) in [5, 5.41) is 0. The number of ether oxygens (including phenoxy) is 3. The van der Waals surface area contributed by atoms with Gasteiger partial charge in [0.2, 0.25) is 0 Å². The Morgan fingerprint density at radius 3 is 2.18 bits per heavy atom. The van der Waals surface area contributed by atoms with Crippen LogP contribution < -0.4 is 20.9 Å². The fourth-order valence-electron chi connectivity index (χ4n) is 2.72. The minimum Gasteiger partial charge on any atom is -0.458 e. The Labute approximate surface area is 192 Å². The van der Waals surface area contributed by atoms with Crippen LogP contribution in [0, 0.1) is 0 Å². The molecule has 4 N–H and O–H groups in total. The summed E-state index contributed by atoms with van der Waals surface area (Å²) in [5.41, 5.74) is 13.7. The molecule has 0 saturated carbocycles. The summed E-state index contributed by atoms with van der Waals surface area (Å²) in [6.07, 6.45) is -2.08. The number of halogens is 3. The van der Waals surface area contributed by atoms with Crippen LogP contribution in [0.5, 0.6) is 11.5 Å². The molecule has 0 aromatic heterocycles. The molecule has 7 nitrogen and oxygen atoms in total. The first-order valence-electron chi connectivity index (χ1n) is 9.76. The molecule has 0 amide bonds. The monoisotopic (exact) mass is 472 g/mol. The molecule has 3 aromatic carbocycles. The van der Waals surface area contributed by atoms with Crippen LogP contribution in [-0.4, -0.2) is 18.3 Å². The van der Waals surface area contributed by atoms with E-state index in [1.54, 1.807) is 30.3 Å². The van der Waals surface area contributed by atoms with Crippen LogP contribution in [-0.2, 0) is 16.1 Å². The van der Waals surface area contributed by atoms with Crippen molar-refractivity contribution < 1.29 is 37.0 Å². The fourth-order valence-corrected chi connectivity index (χ4v) is 2.72. The Morgan fingerprint density at radius 1 is 0.882 bits per heavy atom. The third kappa shape index (κ3) is 7.30. The molecule has 0 fully saturated rings. The lowest BCUT2D eigenvalue weighted by molar-refractivity contribution is -0.274. The molecule has 0 aliphatic rings. The molecule has 0 atom stereocenters. The Kier molecular flexibility index (Phi) is 7.42. The number of esters is 2. The molecule has 0 saturated heterocycles. The first-order chi connectivity index (χ1) is 16.1. The lowest BCUT2D eigenvalue weighted by Gasteiger charge is -2.09. The van der Waals surface area contributed by atoms with Gasteiger partial charge in [-0.15, -0.1) is 13.2 Å². The lowest BCUT2D eigenvalue weighted by atomic mass is 10.2. The summed E-state index contributed by atoms with van der Waals surface area (Å²) in [6.45, 7) is -0.0295. The predicted molar refractivity (Wildman–Crippen MR) is 119 cm³/mol. The summed E-state index contributed by atoms with van der Waals surface area (Å²) >= 11 is 0. The number of carbonyl (C=O) groups excluding carboxylic acids is 2. The van der Waals surface area contributed by atoms with E-state index in [-0.39, 0.29) is 17.9 Å². The Hall–Kier alpha value is -4.47. The van der Waals surface area contributed by atoms with Crippen LogP contribution in [0.3, 0.4) is 0 Å². The molecule has 176 valence electrons. The third-order valence-corrected chi connectivity index (χ3v) is 4.36. The van der Waals surface area contributed by atoms with Crippen LogP contribution in [0.2, 0.25) is 0 Å². The highest BCUT2D eigenvalue weighted by Gasteiger charge is 2.31. The average molecular weight is 472 g/mol. The summed E-state index contributed by atoms with van der Waals surface area (Å²) in [5.74, 6) is -1.59. The van der Waals surface area contributed by atoms with Crippen molar-refractivity contribution in [2.75, 3.05) is 11.5 Å². The van der Waals surface area contributed by atoms with Crippen LogP contribution in [0.25, 0.3) is 6.08 Å². The van der Waals surface area contributed by atoms with E-state index in [1.165, 1.54) is 24.3 Å². The molecule has 34 heavy (non-hydrogen) atoms. The highest BCUT2D eigenvalue weighted by atomic mass is 19.4. The van der Waals surface area contributed by atoms with Gasteiger partial charge in [0.1, 0.15) is 18.1 Å². The highest BCUT2D eigenvalue weighted by molar-refractivity contribution is 5.91. The summed E-state index contributed by atoms with van der Waals surface area (Å²) in [7, 11) is 0. The van der Waals surface area contributed by atoms with Crippen molar-refractivity contribution in [2.45, 2.75) is 13.0 Å². The van der Waals surface area contributed by atoms with Gasteiger partial charge in [0.05, 0.1) is 5.56 Å². The number of hydrogen-bond donors (Lipinski definition) is 2. The van der Waals surface area contributed by atoms with Crippen LogP contribution in [0.15, 0.2) is 72.8 Å². The maximum absolute atomic E-state index is 12.2. The maximum atomic E-state index is 12.2. The SMILES string of the molecule is Nc1ccc(N)c(COC(=O)/C=C/c2ccc(OC(=O)c3ccc(OC(F)(F)F)cc3)cc2)c1. The minimum atomic E-state index is -4.82. The number of anilines is 2. The molecule has 10 heteroatoms. The molecule has 0 heterocycles. The Balaban J connectivity index is 1.52. The molecule has 0 spiro atoms. The number of hydrogen-bond acceptors (Lipinski definition) is 7. The van der Waals surface area contributed by atoms with Crippen molar-refractivity contribution in [1.82, 2.24) is 0 Å². The topological polar surface area (TPSA) is 114 Å². The minimum absolute atomic E-state index is 0.0295. The van der Waals surface area contributed by atoms with Gasteiger partial charge in [0.15, 0.2) is 0 Å². The average Bonchev–Trinajstić information content (AvgIpc) is 2.78. The summed E-state index contributed by atoms with van der Waals surface area (Å²) < 4.78 is 50.7. The van der Waals surface area contributed by atoms with Gasteiger partial charge in [-0.3, -0.25) is 0 Å². The van der Waals surface area contributed by atoms with E-state index < -0.39 is 24.1 Å². The molecule has 0 bridgehead atoms. The second-order valence-corrected chi connectivity index (χ2v) is 6.93. The number of rotatable bonds is 7. The van der Waals surface area contributed by atoms with Crippen molar-refractivity contribution >= 4 is 29.4 Å². The second kappa shape index (κ2) is 10.4. The Bertz CT molecular complexity index is 1190. The van der Waals surface area contributed by atoms with E-state index in [9.17, 15) is 22.8 Å². The normalized spacial score (nSPS) is 11.3. The molecular weight excluding hydrogens is 453 g/mol. The zero-order valence-electron chi connectivity index (χ0n) is 17.5. The largest absolute Gasteiger partial charge is 0.573 e. The van der Waals surface area contributed by atoms with E-state index in [0.717, 1.165) is 24.3 Å². The van der Waals surface area contributed by atoms with Crippen molar-refractivity contribution in [2.24, 2.45) is 0 Å². The van der Waals surface area contributed by atoms with Crippen molar-refractivity contribution in [3.8, 4) is 11.5 Å². The third-order valence-electron chi connectivity index (χ3n) is 4.36. The smallest absolute Gasteiger partial charge is 0.458 e. The fraction of sp³-hybridized carbons (Fsp3) is 0.0833. The van der Waals surface area contributed by atoms with E-state index in [2.05, 4.69) is 4.74 Å². The van der Waals surface area contributed by atoms with Gasteiger partial charge in [-0.2, -0.15) is 0 Å². The van der Waals surface area contributed by atoms with E-state index in [0.29, 0.717) is 22.5 Å². The van der Waals surface area contributed by atoms with Gasteiger partial charge in [-0.05, 0) is 66.2 Å². The zero-order valence-corrected chi connectivity index (χ0v) is 17.5. The van der Waals surface area contributed by atoms with Crippen molar-refractivity contribution in [1.29, 1.82) is 0 Å². The number of carbonyl (C=O) groups is 2. The lowest BCUT2D eigenvalue weighted by Crippen LogP contribution is -2.17. The van der Waals surface area contributed by atoms with Gasteiger partial charge in [0.25, 0.3) is 0 Å². The molecule has 3 aromatic rings. The van der Waals surface area contributed by atoms with Crippen molar-refractivity contribution in [3.63, 3.8) is 0 Å². The molecule has 0 aliphatic carbocycles. The van der Waals surface area contributed by atoms with E-state index in [1.807, 2.05) is 0 Å². The molecule has 0 radical (unpaired) electrons. The quantitative estimate of drug-likeness (QED) is 0.221. The van der Waals surface area contributed by atoms with Gasteiger partial charge < -0.3 is 25.7 Å². The van der Waals surface area contributed by atoms with Gasteiger partial charge in [-0.25, -0.2) is 9.59 Å². The first-order valence-corrected chi connectivity index (χ1v) is 9.76. The van der Waals surface area contributed by atoms with Crippen LogP contribution in [0.4, 0.5) is 24.5 Å². The standard InChI is InChI=1S/C24H19F3N2O5/c25-24(26,27)34-20-9-4-16(5-10-20)23(31)33-19-7-1-15(2-8-19)3-12-22(30)32-14-17-13-18(28)6-11-21(17)29/h1-13H,14,28-29H2/b12-3+. The number of benzene rings is 3. The molecule has 0 aliphatic heterocycles. The summed E-state index contributed by atoms with van der Waals surface area (Å²) in [6, 6.07) is 15.4. The van der Waals surface area contributed by atoms with Crippen LogP contribution in [0.1, 0.15) is 21.5 Å². The second-order valence-electron chi connectivity index (χ2n) is 6.93. The molecular formula is C24H19F3N2O5. The predicted octanol–water partition coefficient (Wildman–Crippen LogP) is 4.73. The summed E-state index contributed by atoms with van der Waals surface area (Å²) in [4.78, 5) is 24.1. The highest BCUT2D eigenvalue weighted by Crippen LogP contribution is 2.23. The van der Waals surface area contributed by atoms with Gasteiger partial charge in [-0.1, -0.05) is 12.1 Å². The van der Waals surface area contributed by atoms with Crippen molar-refractivity contribution in [3.05, 3.63) is 89.5 Å². The first kappa shape index (κ1) is 24.2.